The van der Waals surface area contributed by atoms with Crippen molar-refractivity contribution in [1.29, 1.82) is 0 Å². The van der Waals surface area contributed by atoms with E-state index in [-0.39, 0.29) is 11.8 Å². The van der Waals surface area contributed by atoms with Crippen LogP contribution in [0.5, 0.6) is 0 Å². The van der Waals surface area contributed by atoms with Crippen LogP contribution in [0.15, 0.2) is 24.3 Å². The van der Waals surface area contributed by atoms with E-state index in [4.69, 9.17) is 11.6 Å². The molecule has 0 radical (unpaired) electrons. The SMILES string of the molecule is CC(=O)NCCNC(=O)CCc1ccccc1Cl. The second kappa shape index (κ2) is 7.71. The fraction of sp³-hybridized carbons (Fsp3) is 0.385. The Balaban J connectivity index is 2.21. The zero-order valence-corrected chi connectivity index (χ0v) is 11.1. The smallest absolute Gasteiger partial charge is 0.220 e. The molecule has 0 heterocycles. The topological polar surface area (TPSA) is 58.2 Å². The maximum absolute atomic E-state index is 11.5. The molecule has 0 spiro atoms. The molecule has 5 heteroatoms. The minimum atomic E-state index is -0.0969. The highest BCUT2D eigenvalue weighted by Gasteiger charge is 2.04. The van der Waals surface area contributed by atoms with Crippen molar-refractivity contribution in [3.05, 3.63) is 34.9 Å². The van der Waals surface area contributed by atoms with Crippen molar-refractivity contribution in [2.75, 3.05) is 13.1 Å². The van der Waals surface area contributed by atoms with Gasteiger partial charge in [0.2, 0.25) is 11.8 Å². The van der Waals surface area contributed by atoms with E-state index in [0.717, 1.165) is 5.56 Å². The van der Waals surface area contributed by atoms with Crippen LogP contribution in [0.3, 0.4) is 0 Å². The van der Waals surface area contributed by atoms with Crippen LogP contribution in [0.4, 0.5) is 0 Å². The average molecular weight is 269 g/mol. The third kappa shape index (κ3) is 5.68. The van der Waals surface area contributed by atoms with Crippen LogP contribution >= 0.6 is 11.6 Å². The number of hydrogen-bond acceptors (Lipinski definition) is 2. The highest BCUT2D eigenvalue weighted by atomic mass is 35.5. The van der Waals surface area contributed by atoms with Crippen molar-refractivity contribution in [2.45, 2.75) is 19.8 Å². The summed E-state index contributed by atoms with van der Waals surface area (Å²) in [4.78, 5) is 22.1. The Kier molecular flexibility index (Phi) is 6.22. The summed E-state index contributed by atoms with van der Waals surface area (Å²) in [5.41, 5.74) is 0.969. The van der Waals surface area contributed by atoms with Crippen LogP contribution in [0.25, 0.3) is 0 Å². The number of benzene rings is 1. The van der Waals surface area contributed by atoms with Gasteiger partial charge in [-0.2, -0.15) is 0 Å². The lowest BCUT2D eigenvalue weighted by molar-refractivity contribution is -0.122. The van der Waals surface area contributed by atoms with Gasteiger partial charge in [0.1, 0.15) is 0 Å². The summed E-state index contributed by atoms with van der Waals surface area (Å²) in [6.45, 7) is 2.34. The molecule has 2 amide bonds. The number of halogens is 1. The number of amides is 2. The van der Waals surface area contributed by atoms with Gasteiger partial charge >= 0.3 is 0 Å². The average Bonchev–Trinajstić information content (AvgIpc) is 2.33. The molecule has 1 aromatic carbocycles. The van der Waals surface area contributed by atoms with Gasteiger partial charge in [-0.05, 0) is 18.1 Å². The van der Waals surface area contributed by atoms with Gasteiger partial charge in [-0.25, -0.2) is 0 Å². The quantitative estimate of drug-likeness (QED) is 0.769. The van der Waals surface area contributed by atoms with Crippen molar-refractivity contribution in [1.82, 2.24) is 10.6 Å². The first-order chi connectivity index (χ1) is 8.59. The van der Waals surface area contributed by atoms with Gasteiger partial charge in [-0.3, -0.25) is 9.59 Å². The van der Waals surface area contributed by atoms with Crippen LogP contribution in [-0.4, -0.2) is 24.9 Å². The standard InChI is InChI=1S/C13H17ClN2O2/c1-10(17)15-8-9-16-13(18)7-6-11-4-2-3-5-12(11)14/h2-5H,6-9H2,1H3,(H,15,17)(H,16,18). The zero-order valence-electron chi connectivity index (χ0n) is 10.3. The van der Waals surface area contributed by atoms with E-state index in [1.54, 1.807) is 0 Å². The molecule has 98 valence electrons. The molecule has 0 fully saturated rings. The lowest BCUT2D eigenvalue weighted by atomic mass is 10.1. The van der Waals surface area contributed by atoms with E-state index in [1.165, 1.54) is 6.92 Å². The molecule has 0 bridgehead atoms. The number of rotatable bonds is 6. The lowest BCUT2D eigenvalue weighted by Gasteiger charge is -2.06. The van der Waals surface area contributed by atoms with Crippen molar-refractivity contribution in [2.24, 2.45) is 0 Å². The molecule has 0 atom stereocenters. The van der Waals surface area contributed by atoms with E-state index in [1.807, 2.05) is 24.3 Å². The summed E-state index contributed by atoms with van der Waals surface area (Å²) < 4.78 is 0. The van der Waals surface area contributed by atoms with Gasteiger partial charge in [0.25, 0.3) is 0 Å². The fourth-order valence-corrected chi connectivity index (χ4v) is 1.71. The first-order valence-corrected chi connectivity index (χ1v) is 6.22. The highest BCUT2D eigenvalue weighted by Crippen LogP contribution is 2.16. The molecule has 2 N–H and O–H groups in total. The molecule has 0 aromatic heterocycles. The van der Waals surface area contributed by atoms with E-state index in [9.17, 15) is 9.59 Å². The number of hydrogen-bond donors (Lipinski definition) is 2. The van der Waals surface area contributed by atoms with Gasteiger partial charge < -0.3 is 10.6 Å². The molecule has 0 saturated heterocycles. The second-order valence-electron chi connectivity index (χ2n) is 3.92. The zero-order chi connectivity index (χ0) is 13.4. The lowest BCUT2D eigenvalue weighted by Crippen LogP contribution is -2.33. The molecule has 1 aromatic rings. The van der Waals surface area contributed by atoms with Crippen molar-refractivity contribution < 1.29 is 9.59 Å². The molecule has 0 aliphatic carbocycles. The Morgan fingerprint density at radius 2 is 1.83 bits per heavy atom. The van der Waals surface area contributed by atoms with Gasteiger partial charge in [-0.15, -0.1) is 0 Å². The second-order valence-corrected chi connectivity index (χ2v) is 4.33. The summed E-state index contributed by atoms with van der Waals surface area (Å²) in [5, 5.41) is 6.02. The van der Waals surface area contributed by atoms with Gasteiger partial charge in [0, 0.05) is 31.5 Å². The van der Waals surface area contributed by atoms with E-state index < -0.39 is 0 Å². The molecule has 4 nitrogen and oxygen atoms in total. The Labute approximate surface area is 112 Å². The number of nitrogens with one attached hydrogen (secondary N) is 2. The summed E-state index contributed by atoms with van der Waals surface area (Å²) >= 11 is 5.99. The number of aryl methyl sites for hydroxylation is 1. The molecule has 1 rings (SSSR count). The highest BCUT2D eigenvalue weighted by molar-refractivity contribution is 6.31. The Bertz CT molecular complexity index is 421. The van der Waals surface area contributed by atoms with Gasteiger partial charge in [0.15, 0.2) is 0 Å². The molecule has 0 saturated carbocycles. The van der Waals surface area contributed by atoms with Crippen LogP contribution < -0.4 is 10.6 Å². The Morgan fingerprint density at radius 1 is 1.17 bits per heavy atom. The summed E-state index contributed by atoms with van der Waals surface area (Å²) in [6.07, 6.45) is 1.01. The number of carbonyl (C=O) groups excluding carboxylic acids is 2. The molecule has 0 aliphatic heterocycles. The van der Waals surface area contributed by atoms with E-state index in [0.29, 0.717) is 31.0 Å². The first-order valence-electron chi connectivity index (χ1n) is 5.84. The predicted molar refractivity (Wildman–Crippen MR) is 71.5 cm³/mol. The summed E-state index contributed by atoms with van der Waals surface area (Å²) in [6, 6.07) is 7.48. The van der Waals surface area contributed by atoms with Crippen LogP contribution in [0.2, 0.25) is 5.02 Å². The van der Waals surface area contributed by atoms with Crippen molar-refractivity contribution >= 4 is 23.4 Å². The largest absolute Gasteiger partial charge is 0.355 e. The monoisotopic (exact) mass is 268 g/mol. The normalized spacial score (nSPS) is 9.89. The van der Waals surface area contributed by atoms with Crippen LogP contribution in [0.1, 0.15) is 18.9 Å². The Hall–Kier alpha value is -1.55. The van der Waals surface area contributed by atoms with E-state index in [2.05, 4.69) is 10.6 Å². The molecule has 0 aliphatic rings. The third-order valence-corrected chi connectivity index (χ3v) is 2.77. The van der Waals surface area contributed by atoms with Crippen LogP contribution in [-0.2, 0) is 16.0 Å². The van der Waals surface area contributed by atoms with Crippen molar-refractivity contribution in [3.8, 4) is 0 Å². The first kappa shape index (κ1) is 14.5. The maximum atomic E-state index is 11.5. The molecular weight excluding hydrogens is 252 g/mol. The third-order valence-electron chi connectivity index (χ3n) is 2.40. The molecule has 0 unspecified atom stereocenters. The predicted octanol–water partition coefficient (Wildman–Crippen LogP) is 1.52. The fourth-order valence-electron chi connectivity index (χ4n) is 1.48. The minimum Gasteiger partial charge on any atom is -0.355 e. The maximum Gasteiger partial charge on any atom is 0.220 e. The van der Waals surface area contributed by atoms with Gasteiger partial charge in [0.05, 0.1) is 0 Å². The summed E-state index contributed by atoms with van der Waals surface area (Å²) in [7, 11) is 0. The minimum absolute atomic E-state index is 0.0414. The molecular formula is C13H17ClN2O2. The van der Waals surface area contributed by atoms with Gasteiger partial charge in [-0.1, -0.05) is 29.8 Å². The number of carbonyl (C=O) groups is 2. The van der Waals surface area contributed by atoms with Crippen molar-refractivity contribution in [3.63, 3.8) is 0 Å². The molecule has 18 heavy (non-hydrogen) atoms. The summed E-state index contributed by atoms with van der Waals surface area (Å²) in [5.74, 6) is -0.138. The Morgan fingerprint density at radius 3 is 2.50 bits per heavy atom. The van der Waals surface area contributed by atoms with E-state index >= 15 is 0 Å². The van der Waals surface area contributed by atoms with Crippen LogP contribution in [0, 0.1) is 0 Å².